The quantitative estimate of drug-likeness (QED) is 0.780. The second kappa shape index (κ2) is 5.32. The van der Waals surface area contributed by atoms with Crippen molar-refractivity contribution in [3.63, 3.8) is 0 Å². The van der Waals surface area contributed by atoms with Crippen molar-refractivity contribution in [2.24, 2.45) is 0 Å². The van der Waals surface area contributed by atoms with E-state index in [9.17, 15) is 9.18 Å². The van der Waals surface area contributed by atoms with Gasteiger partial charge in [-0.05, 0) is 19.1 Å². The summed E-state index contributed by atoms with van der Waals surface area (Å²) in [6.07, 6.45) is 0. The molecule has 0 aliphatic carbocycles. The highest BCUT2D eigenvalue weighted by molar-refractivity contribution is 5.64. The van der Waals surface area contributed by atoms with Crippen LogP contribution in [0.5, 0.6) is 0 Å². The van der Waals surface area contributed by atoms with Crippen LogP contribution in [0.25, 0.3) is 22.6 Å². The summed E-state index contributed by atoms with van der Waals surface area (Å²) >= 11 is 0. The van der Waals surface area contributed by atoms with Crippen LogP contribution in [-0.2, 0) is 0 Å². The summed E-state index contributed by atoms with van der Waals surface area (Å²) in [5, 5.41) is 0. The molecule has 0 aliphatic rings. The van der Waals surface area contributed by atoms with Crippen LogP contribution < -0.4 is 5.56 Å². The molecule has 4 heteroatoms. The maximum Gasteiger partial charge on any atom is 0.251 e. The Morgan fingerprint density at radius 2 is 1.81 bits per heavy atom. The summed E-state index contributed by atoms with van der Waals surface area (Å²) in [5.41, 5.74) is 2.05. The molecule has 1 heterocycles. The van der Waals surface area contributed by atoms with E-state index >= 15 is 0 Å². The molecule has 0 amide bonds. The van der Waals surface area contributed by atoms with Crippen LogP contribution in [0, 0.1) is 12.7 Å². The van der Waals surface area contributed by atoms with Gasteiger partial charge in [-0.3, -0.25) is 4.79 Å². The van der Waals surface area contributed by atoms with E-state index in [1.54, 1.807) is 12.1 Å². The Morgan fingerprint density at radius 3 is 2.57 bits per heavy atom. The standard InChI is InChI=1S/C17H13FN2O/c1-11-7-8-14(18)13(9-11)15-10-16(21)20-17(19-15)12-5-3-2-4-6-12/h2-10H,1H3,(H,19,20,21). The van der Waals surface area contributed by atoms with Gasteiger partial charge in [0.1, 0.15) is 11.6 Å². The Hall–Kier alpha value is -2.75. The zero-order chi connectivity index (χ0) is 14.8. The lowest BCUT2D eigenvalue weighted by molar-refractivity contribution is 0.630. The summed E-state index contributed by atoms with van der Waals surface area (Å²) < 4.78 is 14.0. The molecule has 0 fully saturated rings. The normalized spacial score (nSPS) is 10.6. The number of halogens is 1. The van der Waals surface area contributed by atoms with Crippen LogP contribution in [-0.4, -0.2) is 9.97 Å². The van der Waals surface area contributed by atoms with Crippen molar-refractivity contribution in [3.8, 4) is 22.6 Å². The number of aryl methyl sites for hydroxylation is 1. The van der Waals surface area contributed by atoms with Gasteiger partial charge in [-0.25, -0.2) is 9.37 Å². The molecule has 3 rings (SSSR count). The van der Waals surface area contributed by atoms with Crippen LogP contribution in [0.2, 0.25) is 0 Å². The molecule has 1 aromatic heterocycles. The number of aromatic amines is 1. The first-order valence-electron chi connectivity index (χ1n) is 6.57. The minimum atomic E-state index is -0.391. The van der Waals surface area contributed by atoms with Gasteiger partial charge < -0.3 is 4.98 Å². The first kappa shape index (κ1) is 13.2. The van der Waals surface area contributed by atoms with Gasteiger partial charge in [-0.1, -0.05) is 42.0 Å². The highest BCUT2D eigenvalue weighted by atomic mass is 19.1. The molecule has 3 aromatic rings. The molecule has 21 heavy (non-hydrogen) atoms. The Balaban J connectivity index is 2.19. The number of H-pyrrole nitrogens is 1. The molecule has 0 spiro atoms. The van der Waals surface area contributed by atoms with E-state index in [1.807, 2.05) is 37.3 Å². The van der Waals surface area contributed by atoms with Gasteiger partial charge in [0.05, 0.1) is 5.69 Å². The fourth-order valence-corrected chi connectivity index (χ4v) is 2.16. The number of hydrogen-bond acceptors (Lipinski definition) is 2. The topological polar surface area (TPSA) is 45.8 Å². The zero-order valence-electron chi connectivity index (χ0n) is 11.4. The van der Waals surface area contributed by atoms with Crippen molar-refractivity contribution in [1.29, 1.82) is 0 Å². The molecular weight excluding hydrogens is 267 g/mol. The van der Waals surface area contributed by atoms with Crippen molar-refractivity contribution < 1.29 is 4.39 Å². The second-order valence-electron chi connectivity index (χ2n) is 4.83. The number of benzene rings is 2. The third-order valence-corrected chi connectivity index (χ3v) is 3.19. The highest BCUT2D eigenvalue weighted by Crippen LogP contribution is 2.23. The van der Waals surface area contributed by atoms with E-state index in [0.29, 0.717) is 17.1 Å². The fraction of sp³-hybridized carbons (Fsp3) is 0.0588. The molecule has 0 aliphatic heterocycles. The van der Waals surface area contributed by atoms with E-state index in [1.165, 1.54) is 12.1 Å². The molecule has 0 radical (unpaired) electrons. The average molecular weight is 280 g/mol. The van der Waals surface area contributed by atoms with Crippen LogP contribution in [0.3, 0.4) is 0 Å². The van der Waals surface area contributed by atoms with Crippen molar-refractivity contribution >= 4 is 0 Å². The third kappa shape index (κ3) is 2.74. The molecule has 1 N–H and O–H groups in total. The Labute approximate surface area is 121 Å². The van der Waals surface area contributed by atoms with Crippen molar-refractivity contribution in [2.75, 3.05) is 0 Å². The summed E-state index contributed by atoms with van der Waals surface area (Å²) in [5.74, 6) is 0.0386. The first-order valence-corrected chi connectivity index (χ1v) is 6.57. The molecular formula is C17H13FN2O. The summed E-state index contributed by atoms with van der Waals surface area (Å²) in [6.45, 7) is 1.87. The summed E-state index contributed by atoms with van der Waals surface area (Å²) in [4.78, 5) is 18.9. The summed E-state index contributed by atoms with van der Waals surface area (Å²) in [6, 6.07) is 15.3. The molecule has 3 nitrogen and oxygen atoms in total. The molecule has 0 saturated carbocycles. The van der Waals surface area contributed by atoms with Crippen LogP contribution in [0.1, 0.15) is 5.56 Å². The zero-order valence-corrected chi connectivity index (χ0v) is 11.4. The molecule has 0 atom stereocenters. The predicted octanol–water partition coefficient (Wildman–Crippen LogP) is 3.55. The maximum atomic E-state index is 14.0. The summed E-state index contributed by atoms with van der Waals surface area (Å²) in [7, 11) is 0. The fourth-order valence-electron chi connectivity index (χ4n) is 2.16. The minimum Gasteiger partial charge on any atom is -0.306 e. The van der Waals surface area contributed by atoms with Gasteiger partial charge in [0, 0.05) is 17.2 Å². The van der Waals surface area contributed by atoms with E-state index in [0.717, 1.165) is 11.1 Å². The number of nitrogens with zero attached hydrogens (tertiary/aromatic N) is 1. The molecule has 2 aromatic carbocycles. The molecule has 0 saturated heterocycles. The van der Waals surface area contributed by atoms with Gasteiger partial charge >= 0.3 is 0 Å². The average Bonchev–Trinajstić information content (AvgIpc) is 2.50. The van der Waals surface area contributed by atoms with E-state index in [-0.39, 0.29) is 5.56 Å². The smallest absolute Gasteiger partial charge is 0.251 e. The monoisotopic (exact) mass is 280 g/mol. The van der Waals surface area contributed by atoms with E-state index < -0.39 is 5.82 Å². The largest absolute Gasteiger partial charge is 0.306 e. The third-order valence-electron chi connectivity index (χ3n) is 3.19. The molecule has 0 unspecified atom stereocenters. The predicted molar refractivity (Wildman–Crippen MR) is 80.4 cm³/mol. The van der Waals surface area contributed by atoms with E-state index in [2.05, 4.69) is 9.97 Å². The second-order valence-corrected chi connectivity index (χ2v) is 4.83. The van der Waals surface area contributed by atoms with Gasteiger partial charge in [0.25, 0.3) is 5.56 Å². The van der Waals surface area contributed by atoms with Gasteiger partial charge in [-0.15, -0.1) is 0 Å². The Kier molecular flexibility index (Phi) is 3.36. The lowest BCUT2D eigenvalue weighted by Gasteiger charge is -2.06. The lowest BCUT2D eigenvalue weighted by atomic mass is 10.1. The Bertz CT molecular complexity index is 841. The van der Waals surface area contributed by atoms with Gasteiger partial charge in [0.2, 0.25) is 0 Å². The van der Waals surface area contributed by atoms with Crippen molar-refractivity contribution in [1.82, 2.24) is 9.97 Å². The van der Waals surface area contributed by atoms with Crippen LogP contribution >= 0.6 is 0 Å². The van der Waals surface area contributed by atoms with E-state index in [4.69, 9.17) is 0 Å². The van der Waals surface area contributed by atoms with Crippen molar-refractivity contribution in [3.05, 3.63) is 76.3 Å². The highest BCUT2D eigenvalue weighted by Gasteiger charge is 2.10. The minimum absolute atomic E-state index is 0.306. The number of rotatable bonds is 2. The molecule has 104 valence electrons. The number of aromatic nitrogens is 2. The van der Waals surface area contributed by atoms with Gasteiger partial charge in [0.15, 0.2) is 0 Å². The van der Waals surface area contributed by atoms with Crippen LogP contribution in [0.4, 0.5) is 4.39 Å². The number of nitrogens with one attached hydrogen (secondary N) is 1. The van der Waals surface area contributed by atoms with Gasteiger partial charge in [-0.2, -0.15) is 0 Å². The Morgan fingerprint density at radius 1 is 1.05 bits per heavy atom. The van der Waals surface area contributed by atoms with Crippen LogP contribution in [0.15, 0.2) is 59.4 Å². The SMILES string of the molecule is Cc1ccc(F)c(-c2cc(=O)[nH]c(-c3ccccc3)n2)c1. The molecule has 0 bridgehead atoms. The van der Waals surface area contributed by atoms with Crippen molar-refractivity contribution in [2.45, 2.75) is 6.92 Å². The first-order chi connectivity index (χ1) is 10.1. The number of hydrogen-bond donors (Lipinski definition) is 1. The lowest BCUT2D eigenvalue weighted by Crippen LogP contribution is -2.09. The maximum absolute atomic E-state index is 14.0.